The van der Waals surface area contributed by atoms with Gasteiger partial charge in [-0.2, -0.15) is 0 Å². The summed E-state index contributed by atoms with van der Waals surface area (Å²) < 4.78 is 5.13. The molecule has 1 aromatic heterocycles. The highest BCUT2D eigenvalue weighted by Gasteiger charge is 2.07. The highest BCUT2D eigenvalue weighted by Crippen LogP contribution is 2.19. The molecule has 0 saturated heterocycles. The van der Waals surface area contributed by atoms with Crippen LogP contribution in [0.2, 0.25) is 0 Å². The van der Waals surface area contributed by atoms with Gasteiger partial charge < -0.3 is 10.1 Å². The van der Waals surface area contributed by atoms with E-state index in [9.17, 15) is 10.1 Å². The fourth-order valence-electron chi connectivity index (χ4n) is 1.93. The molecule has 1 N–H and O–H groups in total. The van der Waals surface area contributed by atoms with Gasteiger partial charge in [-0.05, 0) is 18.9 Å². The van der Waals surface area contributed by atoms with Crippen LogP contribution in [0.3, 0.4) is 0 Å². The van der Waals surface area contributed by atoms with E-state index in [4.69, 9.17) is 4.74 Å². The molecule has 7 nitrogen and oxygen atoms in total. The molecule has 0 fully saturated rings. The summed E-state index contributed by atoms with van der Waals surface area (Å²) in [7, 11) is 1.57. The van der Waals surface area contributed by atoms with E-state index < -0.39 is 4.92 Å². The Morgan fingerprint density at radius 2 is 2.00 bits per heavy atom. The van der Waals surface area contributed by atoms with Crippen LogP contribution in [0.5, 0.6) is 5.88 Å². The van der Waals surface area contributed by atoms with Gasteiger partial charge in [-0.1, -0.05) is 12.1 Å². The number of nitro benzene ring substituents is 1. The summed E-state index contributed by atoms with van der Waals surface area (Å²) in [5, 5.41) is 13.8. The van der Waals surface area contributed by atoms with Crippen molar-refractivity contribution in [2.45, 2.75) is 13.3 Å². The number of hydrogen-bond acceptors (Lipinski definition) is 6. The lowest BCUT2D eigenvalue weighted by molar-refractivity contribution is -0.384. The molecule has 0 aliphatic heterocycles. The molecule has 0 aliphatic carbocycles. The van der Waals surface area contributed by atoms with Gasteiger partial charge in [0.25, 0.3) is 5.69 Å². The van der Waals surface area contributed by atoms with Gasteiger partial charge in [0.2, 0.25) is 5.88 Å². The average molecular weight is 288 g/mol. The number of hydrogen-bond donors (Lipinski definition) is 1. The van der Waals surface area contributed by atoms with Crippen molar-refractivity contribution in [3.63, 3.8) is 0 Å². The van der Waals surface area contributed by atoms with Crippen molar-refractivity contribution in [2.75, 3.05) is 19.0 Å². The van der Waals surface area contributed by atoms with E-state index in [2.05, 4.69) is 15.3 Å². The first-order valence-electron chi connectivity index (χ1n) is 6.44. The first-order valence-corrected chi connectivity index (χ1v) is 6.44. The highest BCUT2D eigenvalue weighted by atomic mass is 16.6. The van der Waals surface area contributed by atoms with Crippen LogP contribution >= 0.6 is 0 Å². The minimum absolute atomic E-state index is 0.100. The van der Waals surface area contributed by atoms with E-state index in [-0.39, 0.29) is 5.69 Å². The molecule has 0 aliphatic rings. The standard InChI is InChI=1S/C14H16N4O3/c1-10-13(16-9-17-14(10)21-2)15-8-7-11-3-5-12(6-4-11)18(19)20/h3-6,9H,7-8H2,1-2H3,(H,15,16,17). The monoisotopic (exact) mass is 288 g/mol. The Hall–Kier alpha value is -2.70. The van der Waals surface area contributed by atoms with E-state index in [0.29, 0.717) is 12.4 Å². The molecular weight excluding hydrogens is 272 g/mol. The summed E-state index contributed by atoms with van der Waals surface area (Å²) in [5.74, 6) is 1.27. The zero-order valence-electron chi connectivity index (χ0n) is 11.9. The molecule has 0 amide bonds. The number of aromatic nitrogens is 2. The number of ether oxygens (including phenoxy) is 1. The fraction of sp³-hybridized carbons (Fsp3) is 0.286. The van der Waals surface area contributed by atoms with Crippen molar-refractivity contribution in [1.29, 1.82) is 0 Å². The molecule has 0 spiro atoms. The molecule has 110 valence electrons. The zero-order valence-corrected chi connectivity index (χ0v) is 11.9. The molecule has 7 heteroatoms. The Morgan fingerprint density at radius 3 is 2.62 bits per heavy atom. The summed E-state index contributed by atoms with van der Waals surface area (Å²) in [6.45, 7) is 2.55. The van der Waals surface area contributed by atoms with Gasteiger partial charge in [0.05, 0.1) is 17.6 Å². The molecule has 0 bridgehead atoms. The second-order valence-electron chi connectivity index (χ2n) is 4.46. The number of benzene rings is 1. The number of anilines is 1. The topological polar surface area (TPSA) is 90.2 Å². The van der Waals surface area contributed by atoms with Gasteiger partial charge in [-0.3, -0.25) is 10.1 Å². The Balaban J connectivity index is 1.94. The van der Waals surface area contributed by atoms with Gasteiger partial charge >= 0.3 is 0 Å². The second kappa shape index (κ2) is 6.65. The van der Waals surface area contributed by atoms with Gasteiger partial charge in [0.1, 0.15) is 12.1 Å². The summed E-state index contributed by atoms with van der Waals surface area (Å²) in [5.41, 5.74) is 1.97. The lowest BCUT2D eigenvalue weighted by Crippen LogP contribution is -2.08. The predicted molar refractivity (Wildman–Crippen MR) is 78.6 cm³/mol. The van der Waals surface area contributed by atoms with Crippen LogP contribution < -0.4 is 10.1 Å². The Morgan fingerprint density at radius 1 is 1.29 bits per heavy atom. The van der Waals surface area contributed by atoms with Crippen molar-refractivity contribution in [1.82, 2.24) is 9.97 Å². The summed E-state index contributed by atoms with van der Waals surface area (Å²) >= 11 is 0. The number of methoxy groups -OCH3 is 1. The third-order valence-corrected chi connectivity index (χ3v) is 3.08. The number of rotatable bonds is 6. The SMILES string of the molecule is COc1ncnc(NCCc2ccc([N+](=O)[O-])cc2)c1C. The van der Waals surface area contributed by atoms with E-state index in [1.165, 1.54) is 18.5 Å². The smallest absolute Gasteiger partial charge is 0.269 e. The van der Waals surface area contributed by atoms with Crippen LogP contribution in [0.1, 0.15) is 11.1 Å². The normalized spacial score (nSPS) is 10.2. The largest absolute Gasteiger partial charge is 0.481 e. The van der Waals surface area contributed by atoms with Crippen LogP contribution in [-0.4, -0.2) is 28.5 Å². The first-order chi connectivity index (χ1) is 10.1. The molecule has 1 heterocycles. The molecule has 2 aromatic rings. The average Bonchev–Trinajstić information content (AvgIpc) is 2.49. The van der Waals surface area contributed by atoms with Crippen molar-refractivity contribution in [3.8, 4) is 5.88 Å². The number of non-ortho nitro benzene ring substituents is 1. The maximum Gasteiger partial charge on any atom is 0.269 e. The van der Waals surface area contributed by atoms with Crippen molar-refractivity contribution < 1.29 is 9.66 Å². The maximum absolute atomic E-state index is 10.6. The van der Waals surface area contributed by atoms with Gasteiger partial charge in [-0.15, -0.1) is 0 Å². The molecule has 2 rings (SSSR count). The lowest BCUT2D eigenvalue weighted by Gasteiger charge is -2.10. The molecule has 0 unspecified atom stereocenters. The molecular formula is C14H16N4O3. The van der Waals surface area contributed by atoms with Crippen molar-refractivity contribution >= 4 is 11.5 Å². The molecule has 0 saturated carbocycles. The predicted octanol–water partition coefficient (Wildman–Crippen LogP) is 2.36. The molecule has 1 aromatic carbocycles. The second-order valence-corrected chi connectivity index (χ2v) is 4.46. The van der Waals surface area contributed by atoms with Crippen LogP contribution in [0.4, 0.5) is 11.5 Å². The van der Waals surface area contributed by atoms with E-state index >= 15 is 0 Å². The van der Waals surface area contributed by atoms with Crippen LogP contribution in [-0.2, 0) is 6.42 Å². The van der Waals surface area contributed by atoms with Gasteiger partial charge in [0, 0.05) is 18.7 Å². The van der Waals surface area contributed by atoms with Crippen LogP contribution in [0, 0.1) is 17.0 Å². The quantitative estimate of drug-likeness (QED) is 0.648. The molecule has 21 heavy (non-hydrogen) atoms. The summed E-state index contributed by atoms with van der Waals surface area (Å²) in [6.07, 6.45) is 2.18. The minimum atomic E-state index is -0.404. The van der Waals surface area contributed by atoms with E-state index in [1.807, 2.05) is 6.92 Å². The van der Waals surface area contributed by atoms with Crippen molar-refractivity contribution in [2.24, 2.45) is 0 Å². The van der Waals surface area contributed by atoms with Gasteiger partial charge in [-0.25, -0.2) is 9.97 Å². The van der Waals surface area contributed by atoms with Crippen molar-refractivity contribution in [3.05, 3.63) is 51.8 Å². The van der Waals surface area contributed by atoms with Gasteiger partial charge in [0.15, 0.2) is 0 Å². The third-order valence-electron chi connectivity index (χ3n) is 3.08. The number of nitro groups is 1. The fourth-order valence-corrected chi connectivity index (χ4v) is 1.93. The van der Waals surface area contributed by atoms with E-state index in [1.54, 1.807) is 19.2 Å². The number of nitrogens with zero attached hydrogens (tertiary/aromatic N) is 3. The van der Waals surface area contributed by atoms with E-state index in [0.717, 1.165) is 23.4 Å². The van der Waals surface area contributed by atoms with Crippen LogP contribution in [0.25, 0.3) is 0 Å². The zero-order chi connectivity index (χ0) is 15.2. The Bertz CT molecular complexity index is 629. The molecule has 0 atom stereocenters. The Kier molecular flexibility index (Phi) is 4.65. The third kappa shape index (κ3) is 3.65. The van der Waals surface area contributed by atoms with Crippen LogP contribution in [0.15, 0.2) is 30.6 Å². The summed E-state index contributed by atoms with van der Waals surface area (Å²) in [6, 6.07) is 6.53. The molecule has 0 radical (unpaired) electrons. The summed E-state index contributed by atoms with van der Waals surface area (Å²) in [4.78, 5) is 18.3. The minimum Gasteiger partial charge on any atom is -0.481 e. The Labute approximate surface area is 122 Å². The lowest BCUT2D eigenvalue weighted by atomic mass is 10.1. The number of nitrogens with one attached hydrogen (secondary N) is 1. The maximum atomic E-state index is 10.6. The first kappa shape index (κ1) is 14.7. The highest BCUT2D eigenvalue weighted by molar-refractivity contribution is 5.47.